The Balaban J connectivity index is 1.40. The fourth-order valence-corrected chi connectivity index (χ4v) is 3.97. The van der Waals surface area contributed by atoms with Gasteiger partial charge in [-0.2, -0.15) is 9.67 Å². The molecule has 0 aliphatic carbocycles. The maximum Gasteiger partial charge on any atom is 0.219 e. The Bertz CT molecular complexity index is 1530. The summed E-state index contributed by atoms with van der Waals surface area (Å²) in [5, 5.41) is 5.67. The first kappa shape index (κ1) is 23.2. The standard InChI is InChI=1S/C27H26N6O3/c1-17-28-26(15-27(30-17)36-16-21-11-10-20-7-5-6-8-22(20)31-21)33-25(29-18(2)32-33)14-19-9-12-23(34-3)24(13-19)35-4/h5-13,15H,14,16H2,1-4H3. The number of benzene rings is 2. The van der Waals surface area contributed by atoms with Crippen molar-refractivity contribution in [1.82, 2.24) is 29.7 Å². The third-order valence-electron chi connectivity index (χ3n) is 5.63. The molecule has 9 heteroatoms. The van der Waals surface area contributed by atoms with Gasteiger partial charge in [0.2, 0.25) is 5.88 Å². The zero-order valence-electron chi connectivity index (χ0n) is 20.6. The molecule has 3 aromatic heterocycles. The zero-order chi connectivity index (χ0) is 25.1. The number of hydrogen-bond donors (Lipinski definition) is 0. The van der Waals surface area contributed by atoms with Crippen LogP contribution in [0.25, 0.3) is 16.7 Å². The molecule has 0 amide bonds. The lowest BCUT2D eigenvalue weighted by molar-refractivity contribution is 0.288. The van der Waals surface area contributed by atoms with Crippen molar-refractivity contribution in [1.29, 1.82) is 0 Å². The van der Waals surface area contributed by atoms with Crippen LogP contribution in [0.2, 0.25) is 0 Å². The van der Waals surface area contributed by atoms with Crippen molar-refractivity contribution in [3.63, 3.8) is 0 Å². The first-order valence-corrected chi connectivity index (χ1v) is 11.5. The minimum atomic E-state index is 0.287. The molecular formula is C27H26N6O3. The van der Waals surface area contributed by atoms with Gasteiger partial charge < -0.3 is 14.2 Å². The second-order valence-corrected chi connectivity index (χ2v) is 8.25. The van der Waals surface area contributed by atoms with Gasteiger partial charge in [-0.3, -0.25) is 0 Å². The molecule has 0 aliphatic heterocycles. The van der Waals surface area contributed by atoms with Gasteiger partial charge in [-0.25, -0.2) is 15.0 Å². The van der Waals surface area contributed by atoms with Gasteiger partial charge in [0.05, 0.1) is 25.4 Å². The molecule has 9 nitrogen and oxygen atoms in total. The van der Waals surface area contributed by atoms with Crippen molar-refractivity contribution in [3.8, 4) is 23.2 Å². The number of ether oxygens (including phenoxy) is 3. The summed E-state index contributed by atoms with van der Waals surface area (Å²) in [6.45, 7) is 3.96. The quantitative estimate of drug-likeness (QED) is 0.321. The van der Waals surface area contributed by atoms with Gasteiger partial charge in [-0.05, 0) is 43.7 Å². The van der Waals surface area contributed by atoms with E-state index in [1.54, 1.807) is 25.0 Å². The molecule has 0 radical (unpaired) electrons. The van der Waals surface area contributed by atoms with Crippen LogP contribution in [0.5, 0.6) is 17.4 Å². The van der Waals surface area contributed by atoms with E-state index in [1.807, 2.05) is 68.4 Å². The predicted octanol–water partition coefficient (Wildman–Crippen LogP) is 4.41. The van der Waals surface area contributed by atoms with E-state index in [9.17, 15) is 0 Å². The highest BCUT2D eigenvalue weighted by Crippen LogP contribution is 2.28. The minimum absolute atomic E-state index is 0.287. The van der Waals surface area contributed by atoms with Crippen LogP contribution >= 0.6 is 0 Å². The van der Waals surface area contributed by atoms with Crippen LogP contribution in [-0.4, -0.2) is 43.9 Å². The summed E-state index contributed by atoms with van der Waals surface area (Å²) in [5.41, 5.74) is 2.75. The molecule has 0 N–H and O–H groups in total. The van der Waals surface area contributed by atoms with Gasteiger partial charge in [-0.15, -0.1) is 5.10 Å². The van der Waals surface area contributed by atoms with Gasteiger partial charge in [0, 0.05) is 17.9 Å². The number of hydrogen-bond acceptors (Lipinski definition) is 8. The number of methoxy groups -OCH3 is 2. The molecule has 0 saturated heterocycles. The third kappa shape index (κ3) is 4.95. The van der Waals surface area contributed by atoms with Crippen LogP contribution in [-0.2, 0) is 13.0 Å². The Labute approximate surface area is 208 Å². The van der Waals surface area contributed by atoms with E-state index in [4.69, 9.17) is 14.2 Å². The molecule has 0 fully saturated rings. The first-order valence-electron chi connectivity index (χ1n) is 11.5. The van der Waals surface area contributed by atoms with Gasteiger partial charge in [-0.1, -0.05) is 30.3 Å². The van der Waals surface area contributed by atoms with Crippen LogP contribution < -0.4 is 14.2 Å². The van der Waals surface area contributed by atoms with E-state index >= 15 is 0 Å². The average molecular weight is 483 g/mol. The molecule has 0 spiro atoms. The monoisotopic (exact) mass is 482 g/mol. The molecule has 5 rings (SSSR count). The molecular weight excluding hydrogens is 456 g/mol. The lowest BCUT2D eigenvalue weighted by Crippen LogP contribution is -2.09. The van der Waals surface area contributed by atoms with Crippen LogP contribution in [0, 0.1) is 13.8 Å². The topological polar surface area (TPSA) is 97.1 Å². The molecule has 2 aromatic carbocycles. The molecule has 0 bridgehead atoms. The fraction of sp³-hybridized carbons (Fsp3) is 0.222. The second kappa shape index (κ2) is 9.99. The third-order valence-corrected chi connectivity index (χ3v) is 5.63. The lowest BCUT2D eigenvalue weighted by Gasteiger charge is -2.11. The molecule has 0 atom stereocenters. The molecule has 3 heterocycles. The number of nitrogens with zero attached hydrogens (tertiary/aromatic N) is 6. The van der Waals surface area contributed by atoms with Crippen molar-refractivity contribution in [2.24, 2.45) is 0 Å². The molecule has 36 heavy (non-hydrogen) atoms. The summed E-state index contributed by atoms with van der Waals surface area (Å²) < 4.78 is 18.5. The summed E-state index contributed by atoms with van der Waals surface area (Å²) in [6, 6.07) is 19.5. The summed E-state index contributed by atoms with van der Waals surface area (Å²) in [4.78, 5) is 18.3. The molecule has 0 aliphatic rings. The maximum atomic E-state index is 6.00. The molecule has 5 aromatic rings. The fourth-order valence-electron chi connectivity index (χ4n) is 3.97. The molecule has 182 valence electrons. The Hall–Kier alpha value is -4.53. The van der Waals surface area contributed by atoms with Crippen LogP contribution in [0.4, 0.5) is 0 Å². The van der Waals surface area contributed by atoms with E-state index in [2.05, 4.69) is 25.0 Å². The van der Waals surface area contributed by atoms with Crippen LogP contribution in [0.3, 0.4) is 0 Å². The first-order chi connectivity index (χ1) is 17.5. The lowest BCUT2D eigenvalue weighted by atomic mass is 10.1. The largest absolute Gasteiger partial charge is 0.493 e. The number of fused-ring (bicyclic) bond motifs is 1. The van der Waals surface area contributed by atoms with Crippen molar-refractivity contribution in [3.05, 3.63) is 89.4 Å². The number of pyridine rings is 1. The van der Waals surface area contributed by atoms with Crippen molar-refractivity contribution < 1.29 is 14.2 Å². The highest BCUT2D eigenvalue weighted by atomic mass is 16.5. The highest BCUT2D eigenvalue weighted by molar-refractivity contribution is 5.78. The van der Waals surface area contributed by atoms with Crippen molar-refractivity contribution in [2.45, 2.75) is 26.9 Å². The summed E-state index contributed by atoms with van der Waals surface area (Å²) in [6.07, 6.45) is 0.529. The number of rotatable bonds is 8. The Kier molecular flexibility index (Phi) is 6.44. The smallest absolute Gasteiger partial charge is 0.219 e. The van der Waals surface area contributed by atoms with Gasteiger partial charge in [0.1, 0.15) is 24.1 Å². The van der Waals surface area contributed by atoms with Crippen molar-refractivity contribution in [2.75, 3.05) is 14.2 Å². The Morgan fingerprint density at radius 2 is 1.61 bits per heavy atom. The van der Waals surface area contributed by atoms with E-state index in [-0.39, 0.29) is 6.61 Å². The Morgan fingerprint density at radius 1 is 0.778 bits per heavy atom. The summed E-state index contributed by atoms with van der Waals surface area (Å²) in [5.74, 6) is 4.31. The minimum Gasteiger partial charge on any atom is -0.493 e. The van der Waals surface area contributed by atoms with E-state index in [1.165, 1.54) is 0 Å². The number of para-hydroxylation sites is 1. The SMILES string of the molecule is COc1ccc(Cc2nc(C)nn2-c2cc(OCc3ccc4ccccc4n3)nc(C)n2)cc1OC. The highest BCUT2D eigenvalue weighted by Gasteiger charge is 2.15. The predicted molar refractivity (Wildman–Crippen MR) is 135 cm³/mol. The number of aryl methyl sites for hydroxylation is 2. The van der Waals surface area contributed by atoms with E-state index in [0.717, 1.165) is 28.0 Å². The summed E-state index contributed by atoms with van der Waals surface area (Å²) in [7, 11) is 3.23. The zero-order valence-corrected chi connectivity index (χ0v) is 20.6. The molecule has 0 unspecified atom stereocenters. The van der Waals surface area contributed by atoms with Crippen LogP contribution in [0.1, 0.15) is 28.7 Å². The average Bonchev–Trinajstić information content (AvgIpc) is 3.26. The number of aromatic nitrogens is 6. The normalized spacial score (nSPS) is 11.0. The van der Waals surface area contributed by atoms with Gasteiger partial charge in [0.15, 0.2) is 17.3 Å². The second-order valence-electron chi connectivity index (χ2n) is 8.25. The van der Waals surface area contributed by atoms with Crippen molar-refractivity contribution >= 4 is 10.9 Å². The van der Waals surface area contributed by atoms with E-state index in [0.29, 0.717) is 41.3 Å². The molecule has 0 saturated carbocycles. The van der Waals surface area contributed by atoms with Gasteiger partial charge in [0.25, 0.3) is 0 Å². The van der Waals surface area contributed by atoms with Crippen LogP contribution in [0.15, 0.2) is 60.7 Å². The summed E-state index contributed by atoms with van der Waals surface area (Å²) >= 11 is 0. The maximum absolute atomic E-state index is 6.00. The van der Waals surface area contributed by atoms with Gasteiger partial charge >= 0.3 is 0 Å². The van der Waals surface area contributed by atoms with E-state index < -0.39 is 0 Å². The Morgan fingerprint density at radius 3 is 2.44 bits per heavy atom.